The van der Waals surface area contributed by atoms with Gasteiger partial charge < -0.3 is 4.90 Å². The highest BCUT2D eigenvalue weighted by Gasteiger charge is 2.47. The van der Waals surface area contributed by atoms with E-state index < -0.39 is 0 Å². The molecule has 102 valence electrons. The zero-order chi connectivity index (χ0) is 13.3. The van der Waals surface area contributed by atoms with Crippen LogP contribution in [0.3, 0.4) is 0 Å². The minimum Gasteiger partial charge on any atom is -0.342 e. The van der Waals surface area contributed by atoms with Gasteiger partial charge in [-0.25, -0.2) is 0 Å². The van der Waals surface area contributed by atoms with E-state index in [4.69, 9.17) is 0 Å². The molecule has 1 unspecified atom stereocenters. The molecule has 0 aromatic heterocycles. The average molecular weight is 257 g/mol. The Morgan fingerprint density at radius 2 is 2.05 bits per heavy atom. The van der Waals surface area contributed by atoms with Crippen LogP contribution >= 0.6 is 0 Å². The number of amides is 1. The fourth-order valence-corrected chi connectivity index (χ4v) is 3.15. The van der Waals surface area contributed by atoms with Gasteiger partial charge in [0.1, 0.15) is 0 Å². The van der Waals surface area contributed by atoms with Crippen LogP contribution in [0, 0.1) is 11.3 Å². The molecule has 3 rings (SSSR count). The molecule has 1 aliphatic carbocycles. The Hall–Kier alpha value is -1.31. The van der Waals surface area contributed by atoms with Gasteiger partial charge >= 0.3 is 0 Å². The summed E-state index contributed by atoms with van der Waals surface area (Å²) in [5.41, 5.74) is 1.40. The van der Waals surface area contributed by atoms with Crippen LogP contribution in [0.5, 0.6) is 0 Å². The Morgan fingerprint density at radius 3 is 2.74 bits per heavy atom. The highest BCUT2D eigenvalue weighted by molar-refractivity contribution is 5.85. The Balaban J connectivity index is 1.60. The van der Waals surface area contributed by atoms with Crippen molar-refractivity contribution in [3.63, 3.8) is 0 Å². The summed E-state index contributed by atoms with van der Waals surface area (Å²) in [6.07, 6.45) is 5.72. The van der Waals surface area contributed by atoms with Gasteiger partial charge in [-0.2, -0.15) is 0 Å². The highest BCUT2D eigenvalue weighted by atomic mass is 16.2. The lowest BCUT2D eigenvalue weighted by molar-refractivity contribution is -0.138. The van der Waals surface area contributed by atoms with Crippen molar-refractivity contribution < 1.29 is 4.79 Å². The number of carbonyl (C=O) groups excluding carboxylic acids is 1. The summed E-state index contributed by atoms with van der Waals surface area (Å²) in [6.45, 7) is 4.05. The molecule has 1 saturated carbocycles. The second-order valence-electron chi connectivity index (χ2n) is 6.51. The van der Waals surface area contributed by atoms with Crippen LogP contribution in [0.1, 0.15) is 38.2 Å². The van der Waals surface area contributed by atoms with Crippen molar-refractivity contribution in [2.24, 2.45) is 11.3 Å². The van der Waals surface area contributed by atoms with Crippen LogP contribution in [0.15, 0.2) is 30.3 Å². The molecule has 2 heteroatoms. The van der Waals surface area contributed by atoms with Gasteiger partial charge in [-0.3, -0.25) is 4.79 Å². The summed E-state index contributed by atoms with van der Waals surface area (Å²) in [5.74, 6) is 1.05. The smallest absolute Gasteiger partial charge is 0.228 e. The number of rotatable bonds is 3. The molecule has 1 aromatic carbocycles. The third kappa shape index (κ3) is 2.83. The maximum Gasteiger partial charge on any atom is 0.228 e. The van der Waals surface area contributed by atoms with Gasteiger partial charge in [-0.15, -0.1) is 0 Å². The third-order valence-electron chi connectivity index (χ3n) is 4.69. The summed E-state index contributed by atoms with van der Waals surface area (Å²) in [6, 6.07) is 10.7. The molecule has 1 aromatic rings. The summed E-state index contributed by atoms with van der Waals surface area (Å²) >= 11 is 0. The van der Waals surface area contributed by atoms with E-state index in [1.54, 1.807) is 0 Å². The van der Waals surface area contributed by atoms with Crippen LogP contribution in [0.4, 0.5) is 0 Å². The van der Waals surface area contributed by atoms with E-state index in [1.165, 1.54) is 18.4 Å². The van der Waals surface area contributed by atoms with Crippen molar-refractivity contribution in [2.75, 3.05) is 13.1 Å². The molecule has 1 heterocycles. The van der Waals surface area contributed by atoms with Crippen molar-refractivity contribution >= 4 is 5.91 Å². The first-order valence-corrected chi connectivity index (χ1v) is 7.51. The first-order valence-electron chi connectivity index (χ1n) is 7.51. The monoisotopic (exact) mass is 257 g/mol. The van der Waals surface area contributed by atoms with Crippen LogP contribution in [0.25, 0.3) is 0 Å². The molecule has 1 atom stereocenters. The van der Waals surface area contributed by atoms with Gasteiger partial charge in [0.2, 0.25) is 5.91 Å². The molecule has 0 spiro atoms. The molecule has 0 radical (unpaired) electrons. The summed E-state index contributed by atoms with van der Waals surface area (Å²) < 4.78 is 0. The van der Waals surface area contributed by atoms with Crippen molar-refractivity contribution in [1.82, 2.24) is 4.90 Å². The SMILES string of the molecule is CC1(C(=O)N2CCCC(Cc3ccccc3)C2)CC1. The minimum absolute atomic E-state index is 0.00532. The molecule has 2 nitrogen and oxygen atoms in total. The molecule has 1 saturated heterocycles. The Bertz CT molecular complexity index is 450. The maximum absolute atomic E-state index is 12.4. The first-order chi connectivity index (χ1) is 9.17. The minimum atomic E-state index is -0.00532. The van der Waals surface area contributed by atoms with Gasteiger partial charge in [-0.05, 0) is 43.6 Å². The van der Waals surface area contributed by atoms with Crippen molar-refractivity contribution in [1.29, 1.82) is 0 Å². The number of benzene rings is 1. The van der Waals surface area contributed by atoms with Crippen LogP contribution in [-0.4, -0.2) is 23.9 Å². The van der Waals surface area contributed by atoms with Crippen LogP contribution < -0.4 is 0 Å². The third-order valence-corrected chi connectivity index (χ3v) is 4.69. The van der Waals surface area contributed by atoms with Crippen LogP contribution in [-0.2, 0) is 11.2 Å². The number of piperidine rings is 1. The summed E-state index contributed by atoms with van der Waals surface area (Å²) in [7, 11) is 0. The molecule has 1 aliphatic heterocycles. The normalized spacial score (nSPS) is 25.1. The second kappa shape index (κ2) is 4.99. The van der Waals surface area contributed by atoms with E-state index >= 15 is 0 Å². The number of likely N-dealkylation sites (tertiary alicyclic amines) is 1. The zero-order valence-electron chi connectivity index (χ0n) is 11.8. The van der Waals surface area contributed by atoms with Gasteiger partial charge in [0.15, 0.2) is 0 Å². The molecule has 2 fully saturated rings. The standard InChI is InChI=1S/C17H23NO/c1-17(9-10-17)16(19)18-11-5-8-15(13-18)12-14-6-3-2-4-7-14/h2-4,6-7,15H,5,8-13H2,1H3. The fraction of sp³-hybridized carbons (Fsp3) is 0.588. The molecule has 1 amide bonds. The van der Waals surface area contributed by atoms with E-state index in [0.29, 0.717) is 11.8 Å². The van der Waals surface area contributed by atoms with E-state index in [2.05, 4.69) is 42.2 Å². The van der Waals surface area contributed by atoms with Crippen molar-refractivity contribution in [3.8, 4) is 0 Å². The molecule has 19 heavy (non-hydrogen) atoms. The predicted molar refractivity (Wildman–Crippen MR) is 76.8 cm³/mol. The van der Waals surface area contributed by atoms with Gasteiger partial charge in [0.25, 0.3) is 0 Å². The second-order valence-corrected chi connectivity index (χ2v) is 6.51. The van der Waals surface area contributed by atoms with E-state index in [9.17, 15) is 4.79 Å². The highest BCUT2D eigenvalue weighted by Crippen LogP contribution is 2.47. The largest absolute Gasteiger partial charge is 0.342 e. The lowest BCUT2D eigenvalue weighted by Gasteiger charge is -2.34. The molecular formula is C17H23NO. The lowest BCUT2D eigenvalue weighted by atomic mass is 9.90. The molecule has 0 bridgehead atoms. The summed E-state index contributed by atoms with van der Waals surface area (Å²) in [5, 5.41) is 0. The van der Waals surface area contributed by atoms with Gasteiger partial charge in [-0.1, -0.05) is 37.3 Å². The van der Waals surface area contributed by atoms with E-state index in [-0.39, 0.29) is 5.41 Å². The Kier molecular flexibility index (Phi) is 3.34. The van der Waals surface area contributed by atoms with Gasteiger partial charge in [0, 0.05) is 18.5 Å². The predicted octanol–water partition coefficient (Wildman–Crippen LogP) is 3.27. The average Bonchev–Trinajstić information content (AvgIpc) is 3.19. The number of nitrogens with zero attached hydrogens (tertiary/aromatic N) is 1. The zero-order valence-corrected chi connectivity index (χ0v) is 11.8. The maximum atomic E-state index is 12.4. The van der Waals surface area contributed by atoms with E-state index in [0.717, 1.165) is 32.4 Å². The topological polar surface area (TPSA) is 20.3 Å². The Labute approximate surface area is 115 Å². The van der Waals surface area contributed by atoms with Crippen molar-refractivity contribution in [3.05, 3.63) is 35.9 Å². The van der Waals surface area contributed by atoms with E-state index in [1.807, 2.05) is 0 Å². The van der Waals surface area contributed by atoms with Crippen molar-refractivity contribution in [2.45, 2.75) is 39.0 Å². The fourth-order valence-electron chi connectivity index (χ4n) is 3.15. The lowest BCUT2D eigenvalue weighted by Crippen LogP contribution is -2.43. The molecule has 0 N–H and O–H groups in total. The van der Waals surface area contributed by atoms with Crippen LogP contribution in [0.2, 0.25) is 0 Å². The first kappa shape index (κ1) is 12.7. The quantitative estimate of drug-likeness (QED) is 0.814. The van der Waals surface area contributed by atoms with Gasteiger partial charge in [0.05, 0.1) is 0 Å². The Morgan fingerprint density at radius 1 is 1.32 bits per heavy atom. The summed E-state index contributed by atoms with van der Waals surface area (Å²) in [4.78, 5) is 14.5. The molecular weight excluding hydrogens is 234 g/mol. The molecule has 2 aliphatic rings. The number of hydrogen-bond acceptors (Lipinski definition) is 1. The number of carbonyl (C=O) groups is 1. The number of hydrogen-bond donors (Lipinski definition) is 0.